The normalized spacial score (nSPS) is 12.0. The minimum Gasteiger partial charge on any atom is -0.447 e. The molecule has 0 saturated carbocycles. The van der Waals surface area contributed by atoms with E-state index < -0.39 is 13.5 Å². The molecule has 0 fully saturated rings. The molecule has 0 aliphatic rings. The van der Waals surface area contributed by atoms with Crippen molar-refractivity contribution in [1.82, 2.24) is 0 Å². The van der Waals surface area contributed by atoms with E-state index in [9.17, 15) is 12.9 Å². The van der Waals surface area contributed by atoms with E-state index in [1.807, 2.05) is 0 Å². The summed E-state index contributed by atoms with van der Waals surface area (Å²) in [6.07, 6.45) is 0. The number of hydrogen-bond donors (Lipinski definition) is 0. The Labute approximate surface area is 307 Å². The smallest absolute Gasteiger partial charge is 0.447 e. The van der Waals surface area contributed by atoms with Gasteiger partial charge in [0.15, 0.2) is 0 Å². The molecule has 0 N–H and O–H groups in total. The minimum atomic E-state index is -4.91. The van der Waals surface area contributed by atoms with Crippen molar-refractivity contribution in [2.24, 2.45) is 0 Å². The largest absolute Gasteiger partial charge is 0.503 e. The van der Waals surface area contributed by atoms with E-state index in [0.29, 0.717) is 178 Å². The summed E-state index contributed by atoms with van der Waals surface area (Å²) in [6.45, 7) is 7.09. The van der Waals surface area contributed by atoms with Gasteiger partial charge in [0.1, 0.15) is 0 Å². The van der Waals surface area contributed by atoms with Crippen molar-refractivity contribution < 1.29 is 88.7 Å². The summed E-state index contributed by atoms with van der Waals surface area (Å²) in [5.74, 6) is 0. The van der Waals surface area contributed by atoms with Crippen LogP contribution in [0.5, 0.6) is 0 Å². The van der Waals surface area contributed by atoms with E-state index in [-0.39, 0.29) is 19.8 Å². The van der Waals surface area contributed by atoms with Crippen molar-refractivity contribution in [3.63, 3.8) is 0 Å². The van der Waals surface area contributed by atoms with Crippen LogP contribution in [0.1, 0.15) is 0 Å². The molecule has 0 aliphatic heterocycles. The van der Waals surface area contributed by atoms with Crippen molar-refractivity contribution in [2.75, 3.05) is 212 Å². The fourth-order valence-corrected chi connectivity index (χ4v) is 3.44. The Balaban J connectivity index is 3.06. The van der Waals surface area contributed by atoms with Gasteiger partial charge in [-0.15, -0.1) is 0 Å². The van der Waals surface area contributed by atoms with Gasteiger partial charge in [0.2, 0.25) is 0 Å². The first-order valence-corrected chi connectivity index (χ1v) is 17.9. The lowest BCUT2D eigenvalue weighted by Gasteiger charge is -2.13. The van der Waals surface area contributed by atoms with Gasteiger partial charge >= 0.3 is 6.98 Å². The summed E-state index contributed by atoms with van der Waals surface area (Å²) < 4.78 is 121. The second-order valence-electron chi connectivity index (χ2n) is 10.4. The Morgan fingerprint density at radius 1 is 0.231 bits per heavy atom. The number of methoxy groups -OCH3 is 1. The Kier molecular flexibility index (Phi) is 43.9. The summed E-state index contributed by atoms with van der Waals surface area (Å²) in [4.78, 5) is 0. The van der Waals surface area contributed by atoms with Crippen molar-refractivity contribution >= 4 is 6.98 Å². The molecule has 0 heterocycles. The molecule has 0 bridgehead atoms. The zero-order chi connectivity index (χ0) is 37.7. The third-order valence-electron chi connectivity index (χ3n) is 5.95. The van der Waals surface area contributed by atoms with Crippen molar-refractivity contribution in [2.45, 2.75) is 0 Å². The van der Waals surface area contributed by atoms with Gasteiger partial charge in [-0.3, -0.25) is 0 Å². The fourth-order valence-electron chi connectivity index (χ4n) is 3.44. The summed E-state index contributed by atoms with van der Waals surface area (Å²) in [6, 6.07) is 0. The van der Waals surface area contributed by atoms with Gasteiger partial charge in [-0.05, 0) is 0 Å². The van der Waals surface area contributed by atoms with Crippen LogP contribution in [0.4, 0.5) is 12.9 Å². The van der Waals surface area contributed by atoms with Crippen molar-refractivity contribution in [3.8, 4) is 0 Å². The standard InChI is InChI=1S/C32H65BF3O16/c1-37-2-3-38-4-5-39-6-7-40-8-9-41-10-11-42-12-13-43-14-15-44-16-17-45-18-19-46-20-21-47-22-23-48-24-25-49-26-27-50-28-29-51-30-31-52-32-33(34,35)36/h2-32H2,1H3/q-1. The first-order valence-electron chi connectivity index (χ1n) is 17.9. The molecule has 20 heteroatoms. The van der Waals surface area contributed by atoms with E-state index in [1.165, 1.54) is 0 Å². The monoisotopic (exact) mass is 773 g/mol. The molecule has 52 heavy (non-hydrogen) atoms. The first kappa shape index (κ1) is 51.2. The second-order valence-corrected chi connectivity index (χ2v) is 10.4. The van der Waals surface area contributed by atoms with Gasteiger partial charge < -0.3 is 88.7 Å². The van der Waals surface area contributed by atoms with E-state index in [4.69, 9.17) is 71.1 Å². The van der Waals surface area contributed by atoms with Crippen LogP contribution in [0.3, 0.4) is 0 Å². The van der Waals surface area contributed by atoms with Crippen LogP contribution in [-0.4, -0.2) is 219 Å². The van der Waals surface area contributed by atoms with Gasteiger partial charge in [-0.2, -0.15) is 0 Å². The number of hydrogen-bond acceptors (Lipinski definition) is 16. The highest BCUT2D eigenvalue weighted by Gasteiger charge is 2.22. The molecular formula is C32H65BF3O16-. The van der Waals surface area contributed by atoms with Gasteiger partial charge in [0, 0.05) is 13.6 Å². The predicted molar refractivity (Wildman–Crippen MR) is 183 cm³/mol. The molecule has 0 atom stereocenters. The molecule has 314 valence electrons. The van der Waals surface area contributed by atoms with Crippen LogP contribution in [0.25, 0.3) is 0 Å². The van der Waals surface area contributed by atoms with E-state index in [1.54, 1.807) is 7.11 Å². The maximum absolute atomic E-state index is 12.0. The third kappa shape index (κ3) is 49.2. The lowest BCUT2D eigenvalue weighted by molar-refractivity contribution is -0.0301. The molecule has 0 radical (unpaired) electrons. The molecule has 0 aromatic carbocycles. The SMILES string of the molecule is COCCOCCOCCOCCOCCOCCOCCOCCOCCOCCOCCOCCOCCOCCOCCOC[B-](F)(F)F. The van der Waals surface area contributed by atoms with E-state index in [0.717, 1.165) is 0 Å². The number of ether oxygens (including phenoxy) is 16. The molecule has 0 saturated heterocycles. The second kappa shape index (κ2) is 44.6. The molecule has 16 nitrogen and oxygen atoms in total. The number of halogens is 3. The highest BCUT2D eigenvalue weighted by atomic mass is 19.4. The summed E-state index contributed by atoms with van der Waals surface area (Å²) in [5.41, 5.74) is 0. The highest BCUT2D eigenvalue weighted by Crippen LogP contribution is 2.07. The molecule has 0 amide bonds. The summed E-state index contributed by atoms with van der Waals surface area (Å²) in [7, 11) is 1.64. The molecule has 0 aliphatic carbocycles. The highest BCUT2D eigenvalue weighted by molar-refractivity contribution is 6.58. The summed E-state index contributed by atoms with van der Waals surface area (Å²) >= 11 is 0. The van der Waals surface area contributed by atoms with E-state index in [2.05, 4.69) is 4.74 Å². The molecular weight excluding hydrogens is 708 g/mol. The van der Waals surface area contributed by atoms with Gasteiger partial charge in [0.25, 0.3) is 0 Å². The zero-order valence-electron chi connectivity index (χ0n) is 31.2. The van der Waals surface area contributed by atoms with Crippen molar-refractivity contribution in [1.29, 1.82) is 0 Å². The predicted octanol–water partition coefficient (Wildman–Crippen LogP) is 1.27. The summed E-state index contributed by atoms with van der Waals surface area (Å²) in [5, 5.41) is 0. The topological polar surface area (TPSA) is 148 Å². The van der Waals surface area contributed by atoms with Crippen LogP contribution in [0.2, 0.25) is 0 Å². The Morgan fingerprint density at radius 3 is 0.500 bits per heavy atom. The van der Waals surface area contributed by atoms with Crippen LogP contribution >= 0.6 is 0 Å². The van der Waals surface area contributed by atoms with Gasteiger partial charge in [-0.1, -0.05) is 0 Å². The Morgan fingerprint density at radius 2 is 0.365 bits per heavy atom. The average Bonchev–Trinajstić information content (AvgIpc) is 3.12. The average molecular weight is 774 g/mol. The van der Waals surface area contributed by atoms with Gasteiger partial charge in [-0.25, -0.2) is 0 Å². The minimum absolute atomic E-state index is 0.0896. The fraction of sp³-hybridized carbons (Fsp3) is 1.00. The molecule has 0 spiro atoms. The lowest BCUT2D eigenvalue weighted by atomic mass is 9.95. The van der Waals surface area contributed by atoms with Crippen LogP contribution in [0.15, 0.2) is 0 Å². The van der Waals surface area contributed by atoms with Crippen molar-refractivity contribution in [3.05, 3.63) is 0 Å². The molecule has 0 unspecified atom stereocenters. The Hall–Kier alpha value is -0.785. The molecule has 0 aromatic rings. The van der Waals surface area contributed by atoms with Crippen LogP contribution in [-0.2, 0) is 75.8 Å². The molecule has 0 aromatic heterocycles. The lowest BCUT2D eigenvalue weighted by Crippen LogP contribution is -2.25. The van der Waals surface area contributed by atoms with Crippen LogP contribution < -0.4 is 0 Å². The third-order valence-corrected chi connectivity index (χ3v) is 5.95. The van der Waals surface area contributed by atoms with Gasteiger partial charge in [0.05, 0.1) is 198 Å². The van der Waals surface area contributed by atoms with Crippen LogP contribution in [0, 0.1) is 0 Å². The maximum Gasteiger partial charge on any atom is 0.503 e. The molecule has 0 rings (SSSR count). The Bertz CT molecular complexity index is 665. The zero-order valence-corrected chi connectivity index (χ0v) is 31.2. The van der Waals surface area contributed by atoms with E-state index >= 15 is 0 Å². The first-order chi connectivity index (χ1) is 25.6. The maximum atomic E-state index is 12.0. The number of rotatable bonds is 47. The quantitative estimate of drug-likeness (QED) is 0.0646.